The summed E-state index contributed by atoms with van der Waals surface area (Å²) in [4.78, 5) is 16.4. The molecule has 0 unspecified atom stereocenters. The first kappa shape index (κ1) is 12.6. The van der Waals surface area contributed by atoms with Gasteiger partial charge in [0.15, 0.2) is 0 Å². The van der Waals surface area contributed by atoms with Crippen LogP contribution in [0.3, 0.4) is 0 Å². The minimum atomic E-state index is -0.0751. The fraction of sp³-hybridized carbons (Fsp3) is 0.200. The Morgan fingerprint density at radius 1 is 1.44 bits per heavy atom. The Labute approximate surface area is 124 Å². The quantitative estimate of drug-likeness (QED) is 0.484. The van der Waals surface area contributed by atoms with E-state index in [1.54, 1.807) is 0 Å². The maximum Gasteiger partial charge on any atom is 0.262 e. The van der Waals surface area contributed by atoms with Gasteiger partial charge in [0.2, 0.25) is 5.28 Å². The lowest BCUT2D eigenvalue weighted by molar-refractivity contribution is 0.718. The van der Waals surface area contributed by atoms with Crippen LogP contribution in [0, 0.1) is 7.14 Å². The fourth-order valence-corrected chi connectivity index (χ4v) is 3.74. The van der Waals surface area contributed by atoms with Gasteiger partial charge < -0.3 is 0 Å². The summed E-state index contributed by atoms with van der Waals surface area (Å²) in [5.74, 6) is 0. The largest absolute Gasteiger partial charge is 0.283 e. The number of hydrogen-bond donors (Lipinski definition) is 0. The standard InChI is InChI=1S/C10H7ClI2N2O/c1-2-15-9(16)6-3-5(12)4-7(13)8(6)14-10(15)11/h3-4H,2H2,1H3. The van der Waals surface area contributed by atoms with E-state index in [1.165, 1.54) is 4.57 Å². The Morgan fingerprint density at radius 2 is 2.12 bits per heavy atom. The van der Waals surface area contributed by atoms with E-state index in [0.29, 0.717) is 17.4 Å². The van der Waals surface area contributed by atoms with Crippen molar-refractivity contribution in [1.29, 1.82) is 0 Å². The third-order valence-electron chi connectivity index (χ3n) is 2.25. The van der Waals surface area contributed by atoms with Gasteiger partial charge in [-0.25, -0.2) is 4.98 Å². The lowest BCUT2D eigenvalue weighted by Crippen LogP contribution is -2.21. The molecule has 0 aliphatic heterocycles. The van der Waals surface area contributed by atoms with Gasteiger partial charge in [0.1, 0.15) is 0 Å². The second-order valence-corrected chi connectivity index (χ2v) is 5.96. The summed E-state index contributed by atoms with van der Waals surface area (Å²) in [6, 6.07) is 3.82. The summed E-state index contributed by atoms with van der Waals surface area (Å²) < 4.78 is 3.44. The molecule has 1 aromatic carbocycles. The fourth-order valence-electron chi connectivity index (χ4n) is 1.50. The monoisotopic (exact) mass is 460 g/mol. The zero-order chi connectivity index (χ0) is 11.9. The van der Waals surface area contributed by atoms with E-state index < -0.39 is 0 Å². The van der Waals surface area contributed by atoms with Gasteiger partial charge in [-0.2, -0.15) is 0 Å². The van der Waals surface area contributed by atoms with E-state index in [4.69, 9.17) is 11.6 Å². The summed E-state index contributed by atoms with van der Waals surface area (Å²) in [5.41, 5.74) is 0.606. The molecule has 2 aromatic rings. The van der Waals surface area contributed by atoms with Crippen LogP contribution in [0.4, 0.5) is 0 Å². The van der Waals surface area contributed by atoms with Crippen molar-refractivity contribution in [3.8, 4) is 0 Å². The van der Waals surface area contributed by atoms with Crippen LogP contribution in [-0.2, 0) is 6.54 Å². The number of aromatic nitrogens is 2. The molecule has 6 heteroatoms. The maximum atomic E-state index is 12.1. The van der Waals surface area contributed by atoms with Gasteiger partial charge in [-0.05, 0) is 75.8 Å². The molecule has 0 fully saturated rings. The molecule has 0 radical (unpaired) electrons. The Bertz CT molecular complexity index is 624. The van der Waals surface area contributed by atoms with Crippen LogP contribution >= 0.6 is 56.8 Å². The summed E-state index contributed by atoms with van der Waals surface area (Å²) in [7, 11) is 0. The molecule has 0 aliphatic rings. The molecule has 0 saturated carbocycles. The highest BCUT2D eigenvalue weighted by Crippen LogP contribution is 2.21. The summed E-state index contributed by atoms with van der Waals surface area (Å²) in [5, 5.41) is 0.877. The first-order valence-electron chi connectivity index (χ1n) is 4.59. The minimum Gasteiger partial charge on any atom is -0.283 e. The second kappa shape index (κ2) is 4.77. The van der Waals surface area contributed by atoms with Gasteiger partial charge in [-0.15, -0.1) is 0 Å². The van der Waals surface area contributed by atoms with Gasteiger partial charge >= 0.3 is 0 Å². The second-order valence-electron chi connectivity index (χ2n) is 3.21. The maximum absolute atomic E-state index is 12.1. The topological polar surface area (TPSA) is 34.9 Å². The zero-order valence-corrected chi connectivity index (χ0v) is 13.4. The normalized spacial score (nSPS) is 11.0. The average molecular weight is 460 g/mol. The zero-order valence-electron chi connectivity index (χ0n) is 8.30. The molecule has 0 bridgehead atoms. The van der Waals surface area contributed by atoms with Crippen molar-refractivity contribution >= 4 is 67.7 Å². The molecule has 3 nitrogen and oxygen atoms in total. The van der Waals surface area contributed by atoms with Crippen LogP contribution < -0.4 is 5.56 Å². The smallest absolute Gasteiger partial charge is 0.262 e. The number of benzene rings is 1. The number of nitrogens with zero attached hydrogens (tertiary/aromatic N) is 2. The van der Waals surface area contributed by atoms with Gasteiger partial charge in [0.25, 0.3) is 5.56 Å². The van der Waals surface area contributed by atoms with Crippen LogP contribution in [0.15, 0.2) is 16.9 Å². The lowest BCUT2D eigenvalue weighted by atomic mass is 10.2. The van der Waals surface area contributed by atoms with Crippen molar-refractivity contribution in [2.75, 3.05) is 0 Å². The van der Waals surface area contributed by atoms with Crippen LogP contribution in [0.2, 0.25) is 5.28 Å². The van der Waals surface area contributed by atoms with E-state index in [1.807, 2.05) is 19.1 Å². The summed E-state index contributed by atoms with van der Waals surface area (Å²) in [6.07, 6.45) is 0. The summed E-state index contributed by atoms with van der Waals surface area (Å²) >= 11 is 10.3. The van der Waals surface area contributed by atoms with E-state index in [9.17, 15) is 4.79 Å². The molecular formula is C10H7ClI2N2O. The minimum absolute atomic E-state index is 0.0751. The first-order valence-corrected chi connectivity index (χ1v) is 7.13. The van der Waals surface area contributed by atoms with Crippen LogP contribution in [0.1, 0.15) is 6.92 Å². The molecule has 84 valence electrons. The van der Waals surface area contributed by atoms with Crippen molar-refractivity contribution < 1.29 is 0 Å². The van der Waals surface area contributed by atoms with E-state index in [0.717, 1.165) is 7.14 Å². The van der Waals surface area contributed by atoms with Gasteiger partial charge in [-0.1, -0.05) is 0 Å². The Kier molecular flexibility index (Phi) is 3.75. The Balaban J connectivity index is 2.99. The highest BCUT2D eigenvalue weighted by Gasteiger charge is 2.11. The lowest BCUT2D eigenvalue weighted by Gasteiger charge is -2.07. The van der Waals surface area contributed by atoms with Crippen molar-refractivity contribution in [2.45, 2.75) is 13.5 Å². The van der Waals surface area contributed by atoms with E-state index in [-0.39, 0.29) is 10.8 Å². The predicted octanol–water partition coefficient (Wildman–Crippen LogP) is 3.28. The Hall–Kier alpha value is 0.110. The van der Waals surface area contributed by atoms with Crippen LogP contribution in [0.5, 0.6) is 0 Å². The van der Waals surface area contributed by atoms with Crippen LogP contribution in [-0.4, -0.2) is 9.55 Å². The number of halogens is 3. The molecule has 16 heavy (non-hydrogen) atoms. The number of rotatable bonds is 1. The highest BCUT2D eigenvalue weighted by atomic mass is 127. The third kappa shape index (κ3) is 2.08. The molecule has 1 aromatic heterocycles. The molecule has 0 amide bonds. The number of fused-ring (bicyclic) bond motifs is 1. The number of hydrogen-bond acceptors (Lipinski definition) is 2. The van der Waals surface area contributed by atoms with Crippen molar-refractivity contribution in [3.05, 3.63) is 34.9 Å². The molecule has 0 aliphatic carbocycles. The predicted molar refractivity (Wildman–Crippen MR) is 82.1 cm³/mol. The molecule has 0 atom stereocenters. The molecule has 1 heterocycles. The van der Waals surface area contributed by atoms with E-state index in [2.05, 4.69) is 50.2 Å². The molecule has 2 rings (SSSR count). The van der Waals surface area contributed by atoms with Crippen molar-refractivity contribution in [3.63, 3.8) is 0 Å². The third-order valence-corrected chi connectivity index (χ3v) is 3.98. The van der Waals surface area contributed by atoms with E-state index >= 15 is 0 Å². The molecule has 0 N–H and O–H groups in total. The first-order chi connectivity index (χ1) is 7.54. The highest BCUT2D eigenvalue weighted by molar-refractivity contribution is 14.1. The SMILES string of the molecule is CCn1c(Cl)nc2c(I)cc(I)cc2c1=O. The average Bonchev–Trinajstić information content (AvgIpc) is 2.21. The molecule has 0 saturated heterocycles. The van der Waals surface area contributed by atoms with Crippen molar-refractivity contribution in [2.24, 2.45) is 0 Å². The Morgan fingerprint density at radius 3 is 2.75 bits per heavy atom. The van der Waals surface area contributed by atoms with Gasteiger partial charge in [0.05, 0.1) is 10.9 Å². The van der Waals surface area contributed by atoms with Gasteiger partial charge in [0, 0.05) is 13.7 Å². The van der Waals surface area contributed by atoms with Gasteiger partial charge in [-0.3, -0.25) is 9.36 Å². The van der Waals surface area contributed by atoms with Crippen LogP contribution in [0.25, 0.3) is 10.9 Å². The molecule has 0 spiro atoms. The molecular weight excluding hydrogens is 453 g/mol. The van der Waals surface area contributed by atoms with Crippen molar-refractivity contribution in [1.82, 2.24) is 9.55 Å². The summed E-state index contributed by atoms with van der Waals surface area (Å²) in [6.45, 7) is 2.41.